The molecule has 0 fully saturated rings. The van der Waals surface area contributed by atoms with E-state index in [1.807, 2.05) is 39.0 Å². The van der Waals surface area contributed by atoms with Crippen molar-refractivity contribution < 1.29 is 9.00 Å². The van der Waals surface area contributed by atoms with Crippen molar-refractivity contribution in [3.8, 4) is 5.69 Å². The van der Waals surface area contributed by atoms with Crippen molar-refractivity contribution in [2.24, 2.45) is 0 Å². The molecule has 1 atom stereocenters. The smallest absolute Gasteiger partial charge is 0.220 e. The van der Waals surface area contributed by atoms with Gasteiger partial charge in [-0.2, -0.15) is 4.68 Å². The van der Waals surface area contributed by atoms with E-state index in [1.54, 1.807) is 4.68 Å². The van der Waals surface area contributed by atoms with Gasteiger partial charge in [0, 0.05) is 29.5 Å². The minimum absolute atomic E-state index is 0.0878. The molecule has 0 aliphatic heterocycles. The Labute approximate surface area is 137 Å². The number of nitrogens with zero attached hydrogens (tertiary/aromatic N) is 4. The highest BCUT2D eigenvalue weighted by Gasteiger charge is 2.15. The predicted molar refractivity (Wildman–Crippen MR) is 88.6 cm³/mol. The van der Waals surface area contributed by atoms with Gasteiger partial charge in [0.2, 0.25) is 5.91 Å². The number of hydrogen-bond acceptors (Lipinski definition) is 5. The summed E-state index contributed by atoms with van der Waals surface area (Å²) in [6.07, 6.45) is 0.241. The molecule has 2 aromatic rings. The van der Waals surface area contributed by atoms with Crippen molar-refractivity contribution in [1.82, 2.24) is 25.5 Å². The van der Waals surface area contributed by atoms with Gasteiger partial charge in [-0.25, -0.2) is 0 Å². The Hall–Kier alpha value is -2.09. The number of tetrazole rings is 1. The maximum Gasteiger partial charge on any atom is 0.220 e. The highest BCUT2D eigenvalue weighted by Crippen LogP contribution is 2.19. The fourth-order valence-corrected chi connectivity index (χ4v) is 3.34. The second-order valence-corrected chi connectivity index (χ2v) is 6.82. The van der Waals surface area contributed by atoms with Gasteiger partial charge in [0.25, 0.3) is 0 Å². The first-order valence-corrected chi connectivity index (χ1v) is 8.97. The number of nitrogens with one attached hydrogen (secondary N) is 1. The van der Waals surface area contributed by atoms with E-state index in [1.165, 1.54) is 0 Å². The van der Waals surface area contributed by atoms with Crippen LogP contribution in [0.1, 0.15) is 30.3 Å². The van der Waals surface area contributed by atoms with Gasteiger partial charge in [0.15, 0.2) is 5.82 Å². The topological polar surface area (TPSA) is 89.8 Å². The molecule has 1 unspecified atom stereocenters. The average molecular weight is 335 g/mol. The number of para-hydroxylation sites is 1. The van der Waals surface area contributed by atoms with E-state index in [4.69, 9.17) is 0 Å². The van der Waals surface area contributed by atoms with Gasteiger partial charge in [-0.3, -0.25) is 9.00 Å². The normalized spacial score (nSPS) is 12.1. The van der Waals surface area contributed by atoms with Crippen LogP contribution in [0.5, 0.6) is 0 Å². The van der Waals surface area contributed by atoms with Crippen molar-refractivity contribution in [1.29, 1.82) is 0 Å². The lowest BCUT2D eigenvalue weighted by molar-refractivity contribution is -0.120. The molecule has 0 saturated carbocycles. The first-order valence-electron chi connectivity index (χ1n) is 7.48. The Balaban J connectivity index is 2.10. The SMILES string of the molecule is CCNC(=O)CCS(=O)Cc1nnnn1-c1c(C)cccc1C. The fourth-order valence-electron chi connectivity index (χ4n) is 2.32. The Morgan fingerprint density at radius 2 is 2.00 bits per heavy atom. The molecule has 0 aliphatic carbocycles. The van der Waals surface area contributed by atoms with Crippen LogP contribution in [0, 0.1) is 13.8 Å². The molecule has 1 aromatic carbocycles. The number of carbonyl (C=O) groups excluding carboxylic acids is 1. The third-order valence-corrected chi connectivity index (χ3v) is 4.65. The third kappa shape index (κ3) is 4.44. The van der Waals surface area contributed by atoms with Crippen LogP contribution in [0.15, 0.2) is 18.2 Å². The lowest BCUT2D eigenvalue weighted by Gasteiger charge is -2.10. The molecule has 0 spiro atoms. The number of amides is 1. The van der Waals surface area contributed by atoms with E-state index in [0.717, 1.165) is 16.8 Å². The van der Waals surface area contributed by atoms with Gasteiger partial charge in [0.05, 0.1) is 11.4 Å². The van der Waals surface area contributed by atoms with Crippen molar-refractivity contribution in [3.05, 3.63) is 35.2 Å². The van der Waals surface area contributed by atoms with E-state index >= 15 is 0 Å². The van der Waals surface area contributed by atoms with E-state index in [9.17, 15) is 9.00 Å². The molecule has 23 heavy (non-hydrogen) atoms. The molecule has 2 rings (SSSR count). The molecule has 1 aromatic heterocycles. The van der Waals surface area contributed by atoms with Gasteiger partial charge >= 0.3 is 0 Å². The monoisotopic (exact) mass is 335 g/mol. The number of aromatic nitrogens is 4. The van der Waals surface area contributed by atoms with Gasteiger partial charge in [0.1, 0.15) is 0 Å². The molecule has 1 heterocycles. The Kier molecular flexibility index (Phi) is 5.97. The highest BCUT2D eigenvalue weighted by molar-refractivity contribution is 7.84. The molecule has 8 heteroatoms. The summed E-state index contributed by atoms with van der Waals surface area (Å²) in [6, 6.07) is 5.95. The summed E-state index contributed by atoms with van der Waals surface area (Å²) in [5, 5.41) is 14.4. The summed E-state index contributed by atoms with van der Waals surface area (Å²) < 4.78 is 13.8. The Morgan fingerprint density at radius 3 is 2.65 bits per heavy atom. The second kappa shape index (κ2) is 7.96. The van der Waals surface area contributed by atoms with Gasteiger partial charge in [-0.05, 0) is 42.3 Å². The van der Waals surface area contributed by atoms with Crippen LogP contribution in [-0.2, 0) is 21.3 Å². The van der Waals surface area contributed by atoms with Crippen molar-refractivity contribution in [2.45, 2.75) is 32.9 Å². The van der Waals surface area contributed by atoms with Crippen LogP contribution in [0.4, 0.5) is 0 Å². The summed E-state index contributed by atoms with van der Waals surface area (Å²) in [5.41, 5.74) is 3.01. The number of hydrogen-bond donors (Lipinski definition) is 1. The average Bonchev–Trinajstić information content (AvgIpc) is 2.93. The van der Waals surface area contributed by atoms with Crippen molar-refractivity contribution >= 4 is 16.7 Å². The standard InChI is InChI=1S/C15H21N5O2S/c1-4-16-14(21)8-9-23(22)10-13-17-18-19-20(13)15-11(2)6-5-7-12(15)3/h5-7H,4,8-10H2,1-3H3,(H,16,21). The lowest BCUT2D eigenvalue weighted by Crippen LogP contribution is -2.24. The van der Waals surface area contributed by atoms with Crippen LogP contribution in [0.2, 0.25) is 0 Å². The summed E-state index contributed by atoms with van der Waals surface area (Å²) in [7, 11) is -1.20. The molecule has 0 radical (unpaired) electrons. The maximum absolute atomic E-state index is 12.2. The predicted octanol–water partition coefficient (Wildman–Crippen LogP) is 1.05. The second-order valence-electron chi connectivity index (χ2n) is 5.24. The molecular formula is C15H21N5O2S. The molecule has 0 aliphatic rings. The van der Waals surface area contributed by atoms with E-state index in [0.29, 0.717) is 18.1 Å². The summed E-state index contributed by atoms with van der Waals surface area (Å²) in [5.74, 6) is 0.970. The summed E-state index contributed by atoms with van der Waals surface area (Å²) in [4.78, 5) is 11.4. The minimum atomic E-state index is -1.20. The number of rotatable bonds is 7. The zero-order chi connectivity index (χ0) is 16.8. The van der Waals surface area contributed by atoms with E-state index in [-0.39, 0.29) is 18.1 Å². The zero-order valence-electron chi connectivity index (χ0n) is 13.6. The molecule has 7 nitrogen and oxygen atoms in total. The largest absolute Gasteiger partial charge is 0.356 e. The van der Waals surface area contributed by atoms with E-state index < -0.39 is 10.8 Å². The summed E-state index contributed by atoms with van der Waals surface area (Å²) in [6.45, 7) is 6.41. The first kappa shape index (κ1) is 17.3. The van der Waals surface area contributed by atoms with Crippen LogP contribution >= 0.6 is 0 Å². The Bertz CT molecular complexity index is 693. The van der Waals surface area contributed by atoms with Crippen molar-refractivity contribution in [3.63, 3.8) is 0 Å². The Morgan fingerprint density at radius 1 is 1.30 bits per heavy atom. The molecule has 124 valence electrons. The molecule has 0 bridgehead atoms. The number of carbonyl (C=O) groups is 1. The zero-order valence-corrected chi connectivity index (χ0v) is 14.4. The number of aryl methyl sites for hydroxylation is 2. The van der Waals surface area contributed by atoms with Gasteiger partial charge < -0.3 is 5.32 Å². The number of benzene rings is 1. The lowest BCUT2D eigenvalue weighted by atomic mass is 10.1. The molecule has 1 amide bonds. The van der Waals surface area contributed by atoms with Gasteiger partial charge in [-0.15, -0.1) is 5.10 Å². The molecule has 1 N–H and O–H groups in total. The fraction of sp³-hybridized carbons (Fsp3) is 0.467. The van der Waals surface area contributed by atoms with Crippen LogP contribution in [0.3, 0.4) is 0 Å². The van der Waals surface area contributed by atoms with Crippen LogP contribution < -0.4 is 5.32 Å². The minimum Gasteiger partial charge on any atom is -0.356 e. The first-order chi connectivity index (χ1) is 11.0. The van der Waals surface area contributed by atoms with Crippen LogP contribution in [-0.4, -0.2) is 42.6 Å². The van der Waals surface area contributed by atoms with Crippen molar-refractivity contribution in [2.75, 3.05) is 12.3 Å². The molecular weight excluding hydrogens is 314 g/mol. The third-order valence-electron chi connectivity index (χ3n) is 3.41. The summed E-state index contributed by atoms with van der Waals surface area (Å²) >= 11 is 0. The highest BCUT2D eigenvalue weighted by atomic mass is 32.2. The molecule has 0 saturated heterocycles. The van der Waals surface area contributed by atoms with Crippen LogP contribution in [0.25, 0.3) is 5.69 Å². The van der Waals surface area contributed by atoms with Gasteiger partial charge in [-0.1, -0.05) is 18.2 Å². The maximum atomic E-state index is 12.2. The quantitative estimate of drug-likeness (QED) is 0.817. The van der Waals surface area contributed by atoms with E-state index in [2.05, 4.69) is 20.8 Å².